The van der Waals surface area contributed by atoms with Crippen molar-refractivity contribution < 1.29 is 47.5 Å². The summed E-state index contributed by atoms with van der Waals surface area (Å²) in [6.07, 6.45) is -1.30. The Balaban J connectivity index is 2.22. The molecule has 2 aromatic rings. The van der Waals surface area contributed by atoms with E-state index in [1.807, 2.05) is 19.9 Å². The first kappa shape index (κ1) is 27.2. The smallest absolute Gasteiger partial charge is 0.306 e. The average Bonchev–Trinajstić information content (AvgIpc) is 3.39. The number of methoxy groups -OCH3 is 4. The second-order valence-electron chi connectivity index (χ2n) is 9.23. The van der Waals surface area contributed by atoms with Gasteiger partial charge in [-0.25, -0.2) is 0 Å². The molecule has 0 radical (unpaired) electrons. The summed E-state index contributed by atoms with van der Waals surface area (Å²) in [5, 5.41) is 0. The van der Waals surface area contributed by atoms with E-state index in [2.05, 4.69) is 0 Å². The van der Waals surface area contributed by atoms with Crippen molar-refractivity contribution in [1.82, 2.24) is 0 Å². The van der Waals surface area contributed by atoms with Crippen LogP contribution in [0.4, 0.5) is 0 Å². The van der Waals surface area contributed by atoms with Gasteiger partial charge in [0, 0.05) is 47.4 Å². The predicted octanol–water partition coefficient (Wildman–Crippen LogP) is 5.00. The van der Waals surface area contributed by atoms with Gasteiger partial charge in [0.15, 0.2) is 23.0 Å². The maximum Gasteiger partial charge on any atom is 0.306 e. The molecule has 4 rings (SSSR count). The van der Waals surface area contributed by atoms with Crippen LogP contribution in [0.3, 0.4) is 0 Å². The van der Waals surface area contributed by atoms with Crippen LogP contribution in [0.25, 0.3) is 11.1 Å². The topological polar surface area (TPSA) is 108 Å². The van der Waals surface area contributed by atoms with Crippen LogP contribution in [0.2, 0.25) is 0 Å². The first-order chi connectivity index (χ1) is 18.2. The molecule has 1 aliphatic heterocycles. The molecule has 0 bridgehead atoms. The molecule has 10 heteroatoms. The van der Waals surface area contributed by atoms with Gasteiger partial charge in [0.25, 0.3) is 0 Å². The van der Waals surface area contributed by atoms with E-state index in [-0.39, 0.29) is 31.0 Å². The first-order valence-corrected chi connectivity index (χ1v) is 12.4. The summed E-state index contributed by atoms with van der Waals surface area (Å²) in [5.74, 6) is 0.860. The van der Waals surface area contributed by atoms with Gasteiger partial charge in [-0.2, -0.15) is 0 Å². The number of rotatable bonds is 7. The number of carbonyl (C=O) groups is 2. The van der Waals surface area contributed by atoms with Crippen LogP contribution in [0.1, 0.15) is 57.5 Å². The highest BCUT2D eigenvalue weighted by atomic mass is 16.7. The first-order valence-electron chi connectivity index (χ1n) is 12.4. The van der Waals surface area contributed by atoms with Crippen LogP contribution in [0, 0.1) is 11.8 Å². The molecular formula is C28H34O10. The second-order valence-corrected chi connectivity index (χ2v) is 9.23. The lowest BCUT2D eigenvalue weighted by molar-refractivity contribution is -0.159. The second kappa shape index (κ2) is 10.9. The van der Waals surface area contributed by atoms with Gasteiger partial charge < -0.3 is 37.9 Å². The fraction of sp³-hybridized carbons (Fsp3) is 0.500. The van der Waals surface area contributed by atoms with Gasteiger partial charge in [0.2, 0.25) is 18.3 Å². The molecule has 4 atom stereocenters. The Morgan fingerprint density at radius 3 is 1.95 bits per heavy atom. The average molecular weight is 531 g/mol. The van der Waals surface area contributed by atoms with Crippen molar-refractivity contribution in [3.63, 3.8) is 0 Å². The van der Waals surface area contributed by atoms with Crippen molar-refractivity contribution in [3.05, 3.63) is 23.3 Å². The Morgan fingerprint density at radius 2 is 1.39 bits per heavy atom. The van der Waals surface area contributed by atoms with Crippen LogP contribution in [-0.2, 0) is 19.1 Å². The molecule has 0 saturated carbocycles. The standard InChI is InChI=1S/C28H34O10/c1-9-20(30)38-24-14(3)13(2)23(37-15(4)29)16-10-18(31-5)25(32-6)27(33-7)21(16)22-17(24)11-19-26(28(22)34-8)36-12-35-19/h10-11,13-14,23-24H,9,12H2,1-8H3/t13-,14+,23+,24+/m0/s1. The largest absolute Gasteiger partial charge is 0.493 e. The zero-order chi connectivity index (χ0) is 27.7. The molecule has 206 valence electrons. The van der Waals surface area contributed by atoms with Crippen molar-refractivity contribution in [2.75, 3.05) is 35.2 Å². The number of fused-ring (bicyclic) bond motifs is 4. The van der Waals surface area contributed by atoms with Gasteiger partial charge >= 0.3 is 11.9 Å². The van der Waals surface area contributed by atoms with E-state index in [1.165, 1.54) is 35.4 Å². The summed E-state index contributed by atoms with van der Waals surface area (Å²) in [4.78, 5) is 25.1. The lowest BCUT2D eigenvalue weighted by Crippen LogP contribution is -2.31. The summed E-state index contributed by atoms with van der Waals surface area (Å²) in [6.45, 7) is 7.00. The highest BCUT2D eigenvalue weighted by Gasteiger charge is 2.44. The molecular weight excluding hydrogens is 496 g/mol. The Hall–Kier alpha value is -3.82. The molecule has 2 aromatic carbocycles. The summed E-state index contributed by atoms with van der Waals surface area (Å²) >= 11 is 0. The third-order valence-corrected chi connectivity index (χ3v) is 7.20. The monoisotopic (exact) mass is 530 g/mol. The van der Waals surface area contributed by atoms with Gasteiger partial charge in [-0.3, -0.25) is 9.59 Å². The van der Waals surface area contributed by atoms with Crippen molar-refractivity contribution in [2.24, 2.45) is 11.8 Å². The maximum atomic E-state index is 12.7. The molecule has 0 fully saturated rings. The third-order valence-electron chi connectivity index (χ3n) is 7.20. The van der Waals surface area contributed by atoms with Crippen LogP contribution >= 0.6 is 0 Å². The fourth-order valence-corrected chi connectivity index (χ4v) is 5.23. The highest BCUT2D eigenvalue weighted by molar-refractivity contribution is 5.89. The maximum absolute atomic E-state index is 12.7. The Labute approximate surface area is 222 Å². The lowest BCUT2D eigenvalue weighted by atomic mass is 9.74. The Kier molecular flexibility index (Phi) is 7.80. The zero-order valence-corrected chi connectivity index (χ0v) is 23.0. The molecule has 0 spiro atoms. The minimum atomic E-state index is -0.752. The van der Waals surface area contributed by atoms with E-state index in [0.717, 1.165) is 0 Å². The predicted molar refractivity (Wildman–Crippen MR) is 136 cm³/mol. The quantitative estimate of drug-likeness (QED) is 0.454. The molecule has 0 N–H and O–H groups in total. The normalized spacial score (nSPS) is 21.3. The van der Waals surface area contributed by atoms with Crippen molar-refractivity contribution in [2.45, 2.75) is 46.3 Å². The Bertz CT molecular complexity index is 1240. The molecule has 0 aromatic heterocycles. The number of carbonyl (C=O) groups excluding carboxylic acids is 2. The van der Waals surface area contributed by atoms with Crippen LogP contribution in [0.15, 0.2) is 12.1 Å². The van der Waals surface area contributed by atoms with E-state index in [0.29, 0.717) is 56.8 Å². The van der Waals surface area contributed by atoms with Gasteiger partial charge in [-0.05, 0) is 12.1 Å². The number of hydrogen-bond donors (Lipinski definition) is 0. The SMILES string of the molecule is CCC(=O)O[C@H]1c2cc3c(c(OC)c2-c2c(cc(OC)c(OC)c2OC)[C@H](OC(C)=O)[C@@H](C)[C@H]1C)OCO3. The van der Waals surface area contributed by atoms with Crippen molar-refractivity contribution in [1.29, 1.82) is 0 Å². The van der Waals surface area contributed by atoms with E-state index >= 15 is 0 Å². The van der Waals surface area contributed by atoms with Gasteiger partial charge in [-0.1, -0.05) is 20.8 Å². The summed E-state index contributed by atoms with van der Waals surface area (Å²) < 4.78 is 46.7. The van der Waals surface area contributed by atoms with Gasteiger partial charge in [0.1, 0.15) is 12.2 Å². The highest BCUT2D eigenvalue weighted by Crippen LogP contribution is 2.60. The van der Waals surface area contributed by atoms with E-state index in [1.54, 1.807) is 13.0 Å². The minimum Gasteiger partial charge on any atom is -0.493 e. The molecule has 2 aliphatic rings. The number of benzene rings is 2. The molecule has 0 amide bonds. The Morgan fingerprint density at radius 1 is 0.816 bits per heavy atom. The van der Waals surface area contributed by atoms with Crippen molar-refractivity contribution >= 4 is 11.9 Å². The summed E-state index contributed by atoms with van der Waals surface area (Å²) in [5.41, 5.74) is 2.35. The zero-order valence-electron chi connectivity index (χ0n) is 23.0. The molecule has 10 nitrogen and oxygen atoms in total. The molecule has 1 aliphatic carbocycles. The van der Waals surface area contributed by atoms with Crippen LogP contribution < -0.4 is 28.4 Å². The molecule has 0 unspecified atom stereocenters. The lowest BCUT2D eigenvalue weighted by Gasteiger charge is -2.38. The van der Waals surface area contributed by atoms with Crippen LogP contribution in [-0.4, -0.2) is 47.2 Å². The van der Waals surface area contributed by atoms with Gasteiger partial charge in [-0.15, -0.1) is 0 Å². The molecule has 0 saturated heterocycles. The number of ether oxygens (including phenoxy) is 8. The van der Waals surface area contributed by atoms with E-state index in [9.17, 15) is 9.59 Å². The van der Waals surface area contributed by atoms with Crippen molar-refractivity contribution in [3.8, 4) is 45.6 Å². The van der Waals surface area contributed by atoms with Crippen LogP contribution in [0.5, 0.6) is 34.5 Å². The minimum absolute atomic E-state index is 0.00591. The fourth-order valence-electron chi connectivity index (χ4n) is 5.23. The summed E-state index contributed by atoms with van der Waals surface area (Å²) in [6, 6.07) is 3.59. The number of esters is 2. The van der Waals surface area contributed by atoms with Gasteiger partial charge in [0.05, 0.1) is 28.4 Å². The molecule has 38 heavy (non-hydrogen) atoms. The molecule has 1 heterocycles. The van der Waals surface area contributed by atoms with E-state index < -0.39 is 18.2 Å². The van der Waals surface area contributed by atoms with E-state index in [4.69, 9.17) is 37.9 Å². The summed E-state index contributed by atoms with van der Waals surface area (Å²) in [7, 11) is 6.06. The number of hydrogen-bond acceptors (Lipinski definition) is 10. The third kappa shape index (κ3) is 4.41.